The van der Waals surface area contributed by atoms with Gasteiger partial charge in [-0.25, -0.2) is 9.89 Å². The van der Waals surface area contributed by atoms with E-state index in [0.717, 1.165) is 22.9 Å². The number of hydrogen-bond acceptors (Lipinski definition) is 6. The first kappa shape index (κ1) is 20.7. The fraction of sp³-hybridized carbons (Fsp3) is 0.227. The summed E-state index contributed by atoms with van der Waals surface area (Å²) in [6.07, 6.45) is 1.75. The fourth-order valence-electron chi connectivity index (χ4n) is 2.86. The predicted molar refractivity (Wildman–Crippen MR) is 116 cm³/mol. The molecule has 0 radical (unpaired) electrons. The maximum absolute atomic E-state index is 13.2. The second kappa shape index (κ2) is 9.43. The van der Waals surface area contributed by atoms with Crippen molar-refractivity contribution in [2.45, 2.75) is 13.8 Å². The summed E-state index contributed by atoms with van der Waals surface area (Å²) in [5.74, 6) is -0.0308. The molecule has 0 spiro atoms. The number of methoxy groups -OCH3 is 1. The predicted octanol–water partition coefficient (Wildman–Crippen LogP) is 4.04. The van der Waals surface area contributed by atoms with Crippen LogP contribution in [0.15, 0.2) is 59.2 Å². The van der Waals surface area contributed by atoms with Gasteiger partial charge in [0.25, 0.3) is 5.91 Å². The number of amidine groups is 1. The quantitative estimate of drug-likeness (QED) is 0.531. The van der Waals surface area contributed by atoms with Crippen LogP contribution in [-0.2, 0) is 14.3 Å². The van der Waals surface area contributed by atoms with Gasteiger partial charge < -0.3 is 9.47 Å². The third-order valence-corrected chi connectivity index (χ3v) is 5.04. The lowest BCUT2D eigenvalue weighted by molar-refractivity contribution is -0.139. The number of rotatable bonds is 6. The number of carbonyl (C=O) groups is 2. The molecule has 0 bridgehead atoms. The van der Waals surface area contributed by atoms with Gasteiger partial charge in [-0.05, 0) is 37.6 Å². The molecule has 1 aliphatic rings. The lowest BCUT2D eigenvalue weighted by atomic mass is 10.1. The molecule has 150 valence electrons. The Kier molecular flexibility index (Phi) is 6.72. The lowest BCUT2D eigenvalue weighted by Gasteiger charge is -2.20. The van der Waals surface area contributed by atoms with Crippen LogP contribution in [0.25, 0.3) is 6.08 Å². The number of hydrogen-bond donors (Lipinski definition) is 0. The molecule has 0 saturated heterocycles. The van der Waals surface area contributed by atoms with E-state index in [4.69, 9.17) is 9.47 Å². The second-order valence-electron chi connectivity index (χ2n) is 6.24. The van der Waals surface area contributed by atoms with Crippen LogP contribution in [0.5, 0.6) is 5.75 Å². The van der Waals surface area contributed by atoms with Crippen molar-refractivity contribution in [1.29, 1.82) is 0 Å². The van der Waals surface area contributed by atoms with Gasteiger partial charge in [-0.15, -0.1) is 0 Å². The average Bonchev–Trinajstić information content (AvgIpc) is 3.01. The largest absolute Gasteiger partial charge is 0.495 e. The molecule has 0 atom stereocenters. The summed E-state index contributed by atoms with van der Waals surface area (Å²) in [6.45, 7) is 4.05. The Labute approximate surface area is 174 Å². The van der Waals surface area contributed by atoms with E-state index in [1.165, 1.54) is 4.90 Å². The fourth-order valence-corrected chi connectivity index (χ4v) is 3.67. The van der Waals surface area contributed by atoms with Gasteiger partial charge in [-0.3, -0.25) is 9.59 Å². The monoisotopic (exact) mass is 410 g/mol. The summed E-state index contributed by atoms with van der Waals surface area (Å²) in [5.41, 5.74) is 2.84. The Bertz CT molecular complexity index is 984. The van der Waals surface area contributed by atoms with Crippen molar-refractivity contribution in [3.05, 3.63) is 65.4 Å². The van der Waals surface area contributed by atoms with Crippen molar-refractivity contribution in [1.82, 2.24) is 0 Å². The van der Waals surface area contributed by atoms with Crippen molar-refractivity contribution in [3.63, 3.8) is 0 Å². The Morgan fingerprint density at radius 3 is 2.72 bits per heavy atom. The minimum Gasteiger partial charge on any atom is -0.495 e. The minimum atomic E-state index is -0.358. The van der Waals surface area contributed by atoms with Crippen molar-refractivity contribution >= 4 is 40.6 Å². The molecule has 0 N–H and O–H groups in total. The van der Waals surface area contributed by atoms with Gasteiger partial charge in [-0.1, -0.05) is 53.7 Å². The number of nitrogens with zero attached hydrogens (tertiary/aromatic N) is 2. The minimum absolute atomic E-state index is 0.0589. The van der Waals surface area contributed by atoms with Crippen molar-refractivity contribution < 1.29 is 19.1 Å². The molecule has 1 aliphatic heterocycles. The SMILES string of the molecule is CCOC(=O)CSC1=NC(=Cc2cccc(C)c2)C(=O)N1c1ccccc1OC. The van der Waals surface area contributed by atoms with Crippen molar-refractivity contribution in [3.8, 4) is 5.75 Å². The van der Waals surface area contributed by atoms with Gasteiger partial charge in [0.05, 0.1) is 25.2 Å². The number of benzene rings is 2. The van der Waals surface area contributed by atoms with Crippen LogP contribution in [-0.4, -0.2) is 36.5 Å². The summed E-state index contributed by atoms with van der Waals surface area (Å²) >= 11 is 1.16. The smallest absolute Gasteiger partial charge is 0.316 e. The van der Waals surface area contributed by atoms with Gasteiger partial charge in [0.2, 0.25) is 0 Å². The molecule has 1 heterocycles. The first-order valence-corrected chi connectivity index (χ1v) is 10.1. The topological polar surface area (TPSA) is 68.2 Å². The highest BCUT2D eigenvalue weighted by Crippen LogP contribution is 2.35. The number of amides is 1. The summed E-state index contributed by atoms with van der Waals surface area (Å²) in [4.78, 5) is 31.0. The zero-order valence-electron chi connectivity index (χ0n) is 16.5. The Morgan fingerprint density at radius 1 is 1.21 bits per heavy atom. The molecule has 2 aromatic carbocycles. The van der Waals surface area contributed by atoms with Crippen LogP contribution in [0.1, 0.15) is 18.1 Å². The van der Waals surface area contributed by atoms with Crippen LogP contribution in [0, 0.1) is 6.92 Å². The maximum atomic E-state index is 13.2. The van der Waals surface area contributed by atoms with Crippen LogP contribution in [0.4, 0.5) is 5.69 Å². The number of anilines is 1. The molecular weight excluding hydrogens is 388 g/mol. The highest BCUT2D eigenvalue weighted by atomic mass is 32.2. The second-order valence-corrected chi connectivity index (χ2v) is 7.19. The standard InChI is InChI=1S/C22H22N2O4S/c1-4-28-20(25)14-29-22-23-17(13-16-9-7-8-15(2)12-16)21(26)24(22)18-10-5-6-11-19(18)27-3/h5-13H,4,14H2,1-3H3. The summed E-state index contributed by atoms with van der Waals surface area (Å²) in [7, 11) is 1.55. The van der Waals surface area contributed by atoms with Gasteiger partial charge in [0, 0.05) is 0 Å². The molecule has 0 aliphatic carbocycles. The van der Waals surface area contributed by atoms with E-state index in [0.29, 0.717) is 28.9 Å². The number of para-hydroxylation sites is 2. The molecule has 1 amide bonds. The highest BCUT2D eigenvalue weighted by molar-refractivity contribution is 8.14. The summed E-state index contributed by atoms with van der Waals surface area (Å²) < 4.78 is 10.4. The molecule has 6 nitrogen and oxygen atoms in total. The molecular formula is C22H22N2O4S. The number of thioether (sulfide) groups is 1. The van der Waals surface area contributed by atoms with E-state index in [-0.39, 0.29) is 17.6 Å². The van der Waals surface area contributed by atoms with Crippen LogP contribution >= 0.6 is 11.8 Å². The zero-order valence-corrected chi connectivity index (χ0v) is 17.4. The highest BCUT2D eigenvalue weighted by Gasteiger charge is 2.34. The van der Waals surface area contributed by atoms with Gasteiger partial charge >= 0.3 is 5.97 Å². The van der Waals surface area contributed by atoms with E-state index in [1.54, 1.807) is 32.2 Å². The van der Waals surface area contributed by atoms with Crippen LogP contribution < -0.4 is 9.64 Å². The van der Waals surface area contributed by atoms with E-state index >= 15 is 0 Å². The third-order valence-electron chi connectivity index (χ3n) is 4.13. The van der Waals surface area contributed by atoms with Gasteiger partial charge in [0.1, 0.15) is 11.4 Å². The van der Waals surface area contributed by atoms with E-state index in [2.05, 4.69) is 4.99 Å². The maximum Gasteiger partial charge on any atom is 0.316 e. The van der Waals surface area contributed by atoms with Crippen molar-refractivity contribution in [2.24, 2.45) is 4.99 Å². The van der Waals surface area contributed by atoms with E-state index in [1.807, 2.05) is 43.3 Å². The third kappa shape index (κ3) is 4.86. The molecule has 7 heteroatoms. The molecule has 0 fully saturated rings. The summed E-state index contributed by atoms with van der Waals surface area (Å²) in [6, 6.07) is 15.0. The Hall–Kier alpha value is -3.06. The lowest BCUT2D eigenvalue weighted by Crippen LogP contribution is -2.31. The first-order chi connectivity index (χ1) is 14.0. The Morgan fingerprint density at radius 2 is 2.00 bits per heavy atom. The van der Waals surface area contributed by atoms with E-state index < -0.39 is 0 Å². The van der Waals surface area contributed by atoms with E-state index in [9.17, 15) is 9.59 Å². The van der Waals surface area contributed by atoms with Gasteiger partial charge in [-0.2, -0.15) is 0 Å². The van der Waals surface area contributed by atoms with Crippen LogP contribution in [0.3, 0.4) is 0 Å². The number of aryl methyl sites for hydroxylation is 1. The molecule has 2 aromatic rings. The molecule has 0 unspecified atom stereocenters. The molecule has 0 aromatic heterocycles. The van der Waals surface area contributed by atoms with Gasteiger partial charge in [0.15, 0.2) is 5.17 Å². The number of carbonyl (C=O) groups excluding carboxylic acids is 2. The first-order valence-electron chi connectivity index (χ1n) is 9.16. The normalized spacial score (nSPS) is 14.9. The molecule has 0 saturated carbocycles. The summed E-state index contributed by atoms with van der Waals surface area (Å²) in [5, 5.41) is 0.409. The molecule has 3 rings (SSSR count). The number of ether oxygens (including phenoxy) is 2. The Balaban J connectivity index is 1.98. The van der Waals surface area contributed by atoms with Crippen molar-refractivity contribution in [2.75, 3.05) is 24.4 Å². The zero-order chi connectivity index (χ0) is 20.8. The number of aliphatic imine (C=N–C) groups is 1. The number of esters is 1. The molecule has 29 heavy (non-hydrogen) atoms. The van der Waals surface area contributed by atoms with Crippen LogP contribution in [0.2, 0.25) is 0 Å². The average molecular weight is 410 g/mol.